The van der Waals surface area contributed by atoms with Gasteiger partial charge in [0.1, 0.15) is 5.58 Å². The zero-order valence-corrected chi connectivity index (χ0v) is 18.2. The molecule has 2 aliphatic rings. The molecule has 1 saturated heterocycles. The van der Waals surface area contributed by atoms with Crippen LogP contribution >= 0.6 is 23.2 Å². The molecule has 0 aliphatic carbocycles. The van der Waals surface area contributed by atoms with Gasteiger partial charge < -0.3 is 14.1 Å². The van der Waals surface area contributed by atoms with Crippen molar-refractivity contribution in [3.63, 3.8) is 0 Å². The van der Waals surface area contributed by atoms with E-state index >= 15 is 0 Å². The summed E-state index contributed by atoms with van der Waals surface area (Å²) in [5, 5.41) is 1.34. The fourth-order valence-corrected chi connectivity index (χ4v) is 4.69. The number of ether oxygens (including phenoxy) is 1. The summed E-state index contributed by atoms with van der Waals surface area (Å²) in [6.07, 6.45) is 0. The van der Waals surface area contributed by atoms with Crippen LogP contribution in [0.4, 0.5) is 0 Å². The lowest BCUT2D eigenvalue weighted by Crippen LogP contribution is -2.42. The molecule has 0 spiro atoms. The normalized spacial score (nSPS) is 19.2. The summed E-state index contributed by atoms with van der Waals surface area (Å²) in [5.41, 5.74) is 1.21. The molecule has 0 N–H and O–H groups in total. The molecule has 6 nitrogen and oxygen atoms in total. The summed E-state index contributed by atoms with van der Waals surface area (Å²) in [7, 11) is 0. The van der Waals surface area contributed by atoms with Crippen LogP contribution in [0.25, 0.3) is 11.0 Å². The molecule has 160 valence electrons. The summed E-state index contributed by atoms with van der Waals surface area (Å²) < 4.78 is 11.4. The number of hydrogen-bond acceptors (Lipinski definition) is 5. The van der Waals surface area contributed by atoms with Crippen molar-refractivity contribution in [3.8, 4) is 0 Å². The van der Waals surface area contributed by atoms with Crippen molar-refractivity contribution in [2.45, 2.75) is 6.04 Å². The average Bonchev–Trinajstić information content (AvgIpc) is 3.05. The second-order valence-corrected chi connectivity index (χ2v) is 8.60. The van der Waals surface area contributed by atoms with E-state index in [1.807, 2.05) is 12.1 Å². The van der Waals surface area contributed by atoms with E-state index in [1.54, 1.807) is 35.2 Å². The molecule has 8 heteroatoms. The molecule has 3 aromatic rings. The first-order valence-electron chi connectivity index (χ1n) is 10.2. The molecule has 1 atom stereocenters. The van der Waals surface area contributed by atoms with E-state index in [0.717, 1.165) is 18.7 Å². The quantitative estimate of drug-likeness (QED) is 0.591. The molecule has 0 saturated carbocycles. The third-order valence-electron chi connectivity index (χ3n) is 5.85. The number of halogens is 2. The van der Waals surface area contributed by atoms with Crippen LogP contribution in [-0.4, -0.2) is 55.1 Å². The van der Waals surface area contributed by atoms with Gasteiger partial charge >= 0.3 is 0 Å². The highest BCUT2D eigenvalue weighted by Crippen LogP contribution is 2.38. The number of carbonyl (C=O) groups is 1. The predicted molar refractivity (Wildman–Crippen MR) is 119 cm³/mol. The van der Waals surface area contributed by atoms with Gasteiger partial charge in [-0.2, -0.15) is 0 Å². The van der Waals surface area contributed by atoms with E-state index in [1.165, 1.54) is 0 Å². The highest BCUT2D eigenvalue weighted by molar-refractivity contribution is 6.31. The van der Waals surface area contributed by atoms with Crippen LogP contribution < -0.4 is 5.43 Å². The van der Waals surface area contributed by atoms with Crippen LogP contribution in [-0.2, 0) is 4.74 Å². The van der Waals surface area contributed by atoms with E-state index in [2.05, 4.69) is 4.90 Å². The Morgan fingerprint density at radius 1 is 0.968 bits per heavy atom. The highest BCUT2D eigenvalue weighted by atomic mass is 35.5. The van der Waals surface area contributed by atoms with Gasteiger partial charge in [0.2, 0.25) is 5.76 Å². The van der Waals surface area contributed by atoms with Gasteiger partial charge in [-0.25, -0.2) is 0 Å². The van der Waals surface area contributed by atoms with Gasteiger partial charge in [0.05, 0.1) is 30.2 Å². The molecular weight excluding hydrogens is 439 g/mol. The number of morpholine rings is 1. The molecule has 2 aromatic carbocycles. The van der Waals surface area contributed by atoms with Crippen molar-refractivity contribution in [2.24, 2.45) is 0 Å². The van der Waals surface area contributed by atoms with Gasteiger partial charge in [-0.05, 0) is 35.9 Å². The molecule has 1 fully saturated rings. The summed E-state index contributed by atoms with van der Waals surface area (Å²) >= 11 is 12.4. The molecule has 1 amide bonds. The first kappa shape index (κ1) is 20.5. The first-order chi connectivity index (χ1) is 15.0. The van der Waals surface area contributed by atoms with Crippen molar-refractivity contribution < 1.29 is 13.9 Å². The fourth-order valence-electron chi connectivity index (χ4n) is 4.32. The van der Waals surface area contributed by atoms with Crippen LogP contribution in [0.3, 0.4) is 0 Å². The van der Waals surface area contributed by atoms with Crippen LogP contribution in [0.1, 0.15) is 27.7 Å². The van der Waals surface area contributed by atoms with Crippen LogP contribution in [0.15, 0.2) is 51.7 Å². The minimum atomic E-state index is -0.568. The Hall–Kier alpha value is -2.38. The van der Waals surface area contributed by atoms with E-state index in [4.69, 9.17) is 32.4 Å². The lowest BCUT2D eigenvalue weighted by Gasteiger charge is -2.31. The van der Waals surface area contributed by atoms with Crippen molar-refractivity contribution in [2.75, 3.05) is 39.4 Å². The first-order valence-corrected chi connectivity index (χ1v) is 10.9. The Labute approximate surface area is 188 Å². The largest absolute Gasteiger partial charge is 0.450 e. The topological polar surface area (TPSA) is 63.0 Å². The van der Waals surface area contributed by atoms with Gasteiger partial charge in [0.15, 0.2) is 5.43 Å². The monoisotopic (exact) mass is 458 g/mol. The Bertz CT molecular complexity index is 1220. The summed E-state index contributed by atoms with van der Waals surface area (Å²) in [6, 6.07) is 11.5. The van der Waals surface area contributed by atoms with Crippen molar-refractivity contribution >= 4 is 40.1 Å². The maximum atomic E-state index is 13.5. The second-order valence-electron chi connectivity index (χ2n) is 7.72. The number of carbonyl (C=O) groups excluding carboxylic acids is 1. The Morgan fingerprint density at radius 2 is 1.74 bits per heavy atom. The Balaban J connectivity index is 1.61. The zero-order valence-electron chi connectivity index (χ0n) is 16.6. The van der Waals surface area contributed by atoms with Gasteiger partial charge in [-0.15, -0.1) is 0 Å². The number of hydrogen-bond donors (Lipinski definition) is 0. The highest BCUT2D eigenvalue weighted by Gasteiger charge is 2.42. The lowest BCUT2D eigenvalue weighted by atomic mass is 9.98. The maximum Gasteiger partial charge on any atom is 0.290 e. The minimum Gasteiger partial charge on any atom is -0.450 e. The molecule has 0 unspecified atom stereocenters. The summed E-state index contributed by atoms with van der Waals surface area (Å²) in [6.45, 7) is 4.12. The van der Waals surface area contributed by atoms with Crippen molar-refractivity contribution in [1.29, 1.82) is 0 Å². The summed E-state index contributed by atoms with van der Waals surface area (Å²) in [4.78, 5) is 30.8. The van der Waals surface area contributed by atoms with Gasteiger partial charge in [0, 0.05) is 36.2 Å². The molecule has 1 aromatic heterocycles. The van der Waals surface area contributed by atoms with Gasteiger partial charge in [-0.1, -0.05) is 35.3 Å². The Morgan fingerprint density at radius 3 is 2.52 bits per heavy atom. The molecule has 0 bridgehead atoms. The molecule has 31 heavy (non-hydrogen) atoms. The average molecular weight is 459 g/mol. The lowest BCUT2D eigenvalue weighted by molar-refractivity contribution is 0.0314. The zero-order chi connectivity index (χ0) is 21.5. The summed E-state index contributed by atoms with van der Waals surface area (Å²) in [5.74, 6) is -0.200. The van der Waals surface area contributed by atoms with E-state index in [-0.39, 0.29) is 17.1 Å². The number of fused-ring (bicyclic) bond motifs is 2. The van der Waals surface area contributed by atoms with E-state index in [9.17, 15) is 9.59 Å². The maximum absolute atomic E-state index is 13.5. The third kappa shape index (κ3) is 3.74. The van der Waals surface area contributed by atoms with Crippen molar-refractivity contribution in [3.05, 3.63) is 79.6 Å². The van der Waals surface area contributed by atoms with Crippen LogP contribution in [0.2, 0.25) is 10.0 Å². The molecule has 5 rings (SSSR count). The van der Waals surface area contributed by atoms with Gasteiger partial charge in [-0.3, -0.25) is 14.5 Å². The molecule has 2 aliphatic heterocycles. The number of benzene rings is 2. The Kier molecular flexibility index (Phi) is 5.48. The van der Waals surface area contributed by atoms with Crippen molar-refractivity contribution in [1.82, 2.24) is 9.80 Å². The van der Waals surface area contributed by atoms with Crippen LogP contribution in [0, 0.1) is 0 Å². The standard InChI is InChI=1S/C23H20Cl2N2O4/c24-15-3-1-2-14(12-15)20-19-21(28)17-13-16(25)4-5-18(17)31-22(19)23(29)27(20)7-6-26-8-10-30-11-9-26/h1-5,12-13,20H,6-11H2/t20-/m1/s1. The van der Waals surface area contributed by atoms with E-state index < -0.39 is 6.04 Å². The van der Waals surface area contributed by atoms with Gasteiger partial charge in [0.25, 0.3) is 5.91 Å². The molecule has 0 radical (unpaired) electrons. The molecular formula is C23H20Cl2N2O4. The smallest absolute Gasteiger partial charge is 0.290 e. The predicted octanol–water partition coefficient (Wildman–Crippen LogP) is 3.98. The number of nitrogens with zero attached hydrogens (tertiary/aromatic N) is 2. The molecule has 3 heterocycles. The second kappa shape index (κ2) is 8.28. The number of amides is 1. The number of rotatable bonds is 4. The third-order valence-corrected chi connectivity index (χ3v) is 6.32. The van der Waals surface area contributed by atoms with Crippen LogP contribution in [0.5, 0.6) is 0 Å². The minimum absolute atomic E-state index is 0.0896. The SMILES string of the molecule is O=C1c2oc3ccc(Cl)cc3c(=O)c2[C@@H](c2cccc(Cl)c2)N1CCN1CCOCC1. The van der Waals surface area contributed by atoms with E-state index in [0.29, 0.717) is 52.9 Å². The fraction of sp³-hybridized carbons (Fsp3) is 0.304.